The standard InChI is InChI=1S/C28H29F3O9/c1-14(32)39-21-12-17-19(13-26(21,2)36)24(18-10-16(37-3)11-20(33)22(18)23(17)34)40-25(35)27(38-4,28(29,30)31)15-8-6-5-7-9-15/h5-11,17,19,21,24,33,36H,12-13H2,1-4H3/t17-,19-,21+,24-,26-,27-/m0/s1. The monoisotopic (exact) mass is 566 g/mol. The topological polar surface area (TPSA) is 129 Å². The van der Waals surface area contributed by atoms with E-state index in [1.54, 1.807) is 0 Å². The summed E-state index contributed by atoms with van der Waals surface area (Å²) in [6.45, 7) is 2.49. The largest absolute Gasteiger partial charge is 0.507 e. The maximum absolute atomic E-state index is 14.6. The Kier molecular flexibility index (Phi) is 7.63. The summed E-state index contributed by atoms with van der Waals surface area (Å²) in [5.74, 6) is -5.71. The lowest BCUT2D eigenvalue weighted by Crippen LogP contribution is -2.56. The number of phenols is 1. The third-order valence-electron chi connectivity index (χ3n) is 7.68. The van der Waals surface area contributed by atoms with Crippen LogP contribution in [0.4, 0.5) is 13.2 Å². The second-order valence-corrected chi connectivity index (χ2v) is 10.2. The van der Waals surface area contributed by atoms with Gasteiger partial charge in [0.1, 0.15) is 23.7 Å². The minimum Gasteiger partial charge on any atom is -0.507 e. The molecule has 0 spiro atoms. The molecule has 2 N–H and O–H groups in total. The first-order valence-electron chi connectivity index (χ1n) is 12.4. The molecule has 0 bridgehead atoms. The van der Waals surface area contributed by atoms with Crippen molar-refractivity contribution in [3.05, 3.63) is 59.2 Å². The maximum atomic E-state index is 14.6. The van der Waals surface area contributed by atoms with Gasteiger partial charge in [-0.25, -0.2) is 4.79 Å². The van der Waals surface area contributed by atoms with Gasteiger partial charge in [0.2, 0.25) is 0 Å². The number of Topliss-reactive ketones (excluding diaryl/α,β-unsaturated/α-hetero) is 1. The minimum atomic E-state index is -5.26. The van der Waals surface area contributed by atoms with Gasteiger partial charge in [-0.1, -0.05) is 30.3 Å². The minimum absolute atomic E-state index is 0.0563. The first-order chi connectivity index (χ1) is 18.7. The van der Waals surface area contributed by atoms with Crippen LogP contribution >= 0.6 is 0 Å². The van der Waals surface area contributed by atoms with E-state index < -0.39 is 70.5 Å². The van der Waals surface area contributed by atoms with Crippen LogP contribution in [-0.2, 0) is 29.4 Å². The molecule has 0 aliphatic heterocycles. The highest BCUT2D eigenvalue weighted by molar-refractivity contribution is 6.03. The van der Waals surface area contributed by atoms with Gasteiger partial charge in [0, 0.05) is 43.1 Å². The number of aromatic hydroxyl groups is 1. The van der Waals surface area contributed by atoms with Crippen molar-refractivity contribution in [1.29, 1.82) is 0 Å². The Balaban J connectivity index is 1.87. The molecule has 6 atom stereocenters. The molecule has 40 heavy (non-hydrogen) atoms. The number of hydrogen-bond donors (Lipinski definition) is 2. The Bertz CT molecular complexity index is 1310. The van der Waals surface area contributed by atoms with Crippen LogP contribution in [0.15, 0.2) is 42.5 Å². The molecule has 0 amide bonds. The summed E-state index contributed by atoms with van der Waals surface area (Å²) in [5.41, 5.74) is -6.13. The zero-order valence-corrected chi connectivity index (χ0v) is 22.2. The van der Waals surface area contributed by atoms with E-state index in [1.165, 1.54) is 38.3 Å². The van der Waals surface area contributed by atoms with Crippen molar-refractivity contribution in [2.45, 2.75) is 56.3 Å². The number of aliphatic hydroxyl groups is 1. The summed E-state index contributed by atoms with van der Waals surface area (Å²) in [4.78, 5) is 38.9. The van der Waals surface area contributed by atoms with Crippen molar-refractivity contribution >= 4 is 17.7 Å². The van der Waals surface area contributed by atoms with Crippen molar-refractivity contribution in [3.63, 3.8) is 0 Å². The Hall–Kier alpha value is -3.64. The third kappa shape index (κ3) is 4.79. The average Bonchev–Trinajstić information content (AvgIpc) is 2.87. The lowest BCUT2D eigenvalue weighted by molar-refractivity contribution is -0.280. The molecular formula is C28H29F3O9. The van der Waals surface area contributed by atoms with Crippen molar-refractivity contribution in [2.75, 3.05) is 14.2 Å². The van der Waals surface area contributed by atoms with E-state index >= 15 is 0 Å². The number of carbonyl (C=O) groups is 3. The fourth-order valence-electron chi connectivity index (χ4n) is 5.79. The molecule has 9 nitrogen and oxygen atoms in total. The number of hydrogen-bond acceptors (Lipinski definition) is 9. The summed E-state index contributed by atoms with van der Waals surface area (Å²) < 4.78 is 64.7. The van der Waals surface area contributed by atoms with Gasteiger partial charge in [0.25, 0.3) is 5.60 Å². The highest BCUT2D eigenvalue weighted by Gasteiger charge is 2.65. The van der Waals surface area contributed by atoms with E-state index in [9.17, 15) is 37.8 Å². The number of phenolic OH excluding ortho intramolecular Hbond substituents is 1. The molecule has 12 heteroatoms. The number of fused-ring (bicyclic) bond motifs is 2. The lowest BCUT2D eigenvalue weighted by Gasteiger charge is -2.48. The van der Waals surface area contributed by atoms with E-state index in [1.807, 2.05) is 0 Å². The molecular weight excluding hydrogens is 537 g/mol. The molecule has 1 fully saturated rings. The maximum Gasteiger partial charge on any atom is 0.432 e. The number of carbonyl (C=O) groups excluding carboxylic acids is 3. The summed E-state index contributed by atoms with van der Waals surface area (Å²) in [7, 11) is 2.01. The van der Waals surface area contributed by atoms with Gasteiger partial charge in [-0.15, -0.1) is 0 Å². The zero-order chi connectivity index (χ0) is 29.6. The van der Waals surface area contributed by atoms with E-state index in [0.717, 1.165) is 32.2 Å². The molecule has 0 unspecified atom stereocenters. The van der Waals surface area contributed by atoms with Gasteiger partial charge in [-0.05, 0) is 25.8 Å². The van der Waals surface area contributed by atoms with Crippen LogP contribution in [-0.4, -0.2) is 60.0 Å². The van der Waals surface area contributed by atoms with Gasteiger partial charge in [-0.2, -0.15) is 13.2 Å². The number of benzene rings is 2. The predicted octanol–water partition coefficient (Wildman–Crippen LogP) is 3.99. The van der Waals surface area contributed by atoms with Crippen LogP contribution < -0.4 is 4.74 Å². The molecule has 1 saturated carbocycles. The van der Waals surface area contributed by atoms with Crippen LogP contribution in [0.3, 0.4) is 0 Å². The number of esters is 2. The second kappa shape index (κ2) is 10.4. The summed E-state index contributed by atoms with van der Waals surface area (Å²) >= 11 is 0. The number of halogens is 3. The molecule has 0 aromatic heterocycles. The normalized spacial score (nSPS) is 27.6. The molecule has 0 saturated heterocycles. The zero-order valence-electron chi connectivity index (χ0n) is 22.2. The Morgan fingerprint density at radius 2 is 1.73 bits per heavy atom. The molecule has 2 aliphatic carbocycles. The van der Waals surface area contributed by atoms with Crippen LogP contribution in [0.2, 0.25) is 0 Å². The Morgan fingerprint density at radius 1 is 1.07 bits per heavy atom. The Labute approximate surface area is 227 Å². The predicted molar refractivity (Wildman–Crippen MR) is 131 cm³/mol. The van der Waals surface area contributed by atoms with Gasteiger partial charge in [0.15, 0.2) is 5.78 Å². The lowest BCUT2D eigenvalue weighted by atomic mass is 9.61. The average molecular weight is 567 g/mol. The van der Waals surface area contributed by atoms with Crippen LogP contribution in [0.25, 0.3) is 0 Å². The molecule has 4 rings (SSSR count). The van der Waals surface area contributed by atoms with Crippen molar-refractivity contribution in [1.82, 2.24) is 0 Å². The number of ether oxygens (including phenoxy) is 4. The van der Waals surface area contributed by atoms with Crippen molar-refractivity contribution < 1.29 is 56.7 Å². The highest BCUT2D eigenvalue weighted by Crippen LogP contribution is 2.54. The fraction of sp³-hybridized carbons (Fsp3) is 0.464. The molecule has 2 aromatic rings. The van der Waals surface area contributed by atoms with Crippen LogP contribution in [0.5, 0.6) is 11.5 Å². The van der Waals surface area contributed by atoms with Gasteiger partial charge in [-0.3, -0.25) is 9.59 Å². The van der Waals surface area contributed by atoms with Gasteiger partial charge in [0.05, 0.1) is 18.3 Å². The number of ketones is 1. The van der Waals surface area contributed by atoms with E-state index in [4.69, 9.17) is 18.9 Å². The summed E-state index contributed by atoms with van der Waals surface area (Å²) in [5, 5.41) is 21.9. The molecule has 0 heterocycles. The van der Waals surface area contributed by atoms with E-state index in [2.05, 4.69) is 0 Å². The van der Waals surface area contributed by atoms with Crippen molar-refractivity contribution in [3.8, 4) is 11.5 Å². The first-order valence-corrected chi connectivity index (χ1v) is 12.4. The van der Waals surface area contributed by atoms with Gasteiger partial charge >= 0.3 is 18.1 Å². The fourth-order valence-corrected chi connectivity index (χ4v) is 5.79. The summed E-state index contributed by atoms with van der Waals surface area (Å²) in [6.07, 6.45) is -8.44. The van der Waals surface area contributed by atoms with Gasteiger partial charge < -0.3 is 29.2 Å². The SMILES string of the molecule is COc1cc(O)c2c(c1)[C@H](OC(=O)[C@@](OC)(c1ccccc1)C(F)(F)F)[C@H]1C[C@](C)(O)[C@H](OC(C)=O)C[C@@H]1C2=O. The van der Waals surface area contributed by atoms with Crippen molar-refractivity contribution in [2.24, 2.45) is 11.8 Å². The van der Waals surface area contributed by atoms with Crippen LogP contribution in [0.1, 0.15) is 54.3 Å². The first kappa shape index (κ1) is 29.3. The third-order valence-corrected chi connectivity index (χ3v) is 7.68. The molecule has 2 aliphatic rings. The number of methoxy groups -OCH3 is 2. The quantitative estimate of drug-likeness (QED) is 0.499. The van der Waals surface area contributed by atoms with E-state index in [-0.39, 0.29) is 29.7 Å². The smallest absolute Gasteiger partial charge is 0.432 e. The number of rotatable bonds is 6. The molecule has 2 aromatic carbocycles. The highest BCUT2D eigenvalue weighted by atomic mass is 19.4. The summed E-state index contributed by atoms with van der Waals surface area (Å²) in [6, 6.07) is 8.67. The molecule has 216 valence electrons. The second-order valence-electron chi connectivity index (χ2n) is 10.2. The molecule has 0 radical (unpaired) electrons. The Morgan fingerprint density at radius 3 is 2.27 bits per heavy atom. The van der Waals surface area contributed by atoms with E-state index in [0.29, 0.717) is 0 Å². The van der Waals surface area contributed by atoms with Crippen LogP contribution in [0, 0.1) is 11.8 Å². The number of alkyl halides is 3.